The topological polar surface area (TPSA) is 68.0 Å². The van der Waals surface area contributed by atoms with Gasteiger partial charge in [0, 0.05) is 45.4 Å². The first-order valence-corrected chi connectivity index (χ1v) is 9.19. The van der Waals surface area contributed by atoms with E-state index in [2.05, 4.69) is 15.4 Å². The number of aromatic nitrogens is 4. The molecule has 1 aliphatic carbocycles. The van der Waals surface area contributed by atoms with E-state index in [0.29, 0.717) is 12.5 Å². The first-order chi connectivity index (χ1) is 13.1. The van der Waals surface area contributed by atoms with Gasteiger partial charge < -0.3 is 14.8 Å². The molecule has 2 heterocycles. The summed E-state index contributed by atoms with van der Waals surface area (Å²) in [5.74, 6) is 1.40. The van der Waals surface area contributed by atoms with Crippen LogP contribution in [0.3, 0.4) is 0 Å². The number of rotatable bonds is 6. The molecule has 27 heavy (non-hydrogen) atoms. The Morgan fingerprint density at radius 1 is 1.26 bits per heavy atom. The third kappa shape index (κ3) is 3.86. The van der Waals surface area contributed by atoms with Crippen molar-refractivity contribution in [2.75, 3.05) is 7.05 Å². The van der Waals surface area contributed by atoms with Crippen LogP contribution in [0.1, 0.15) is 30.3 Å². The molecule has 1 aromatic carbocycles. The van der Waals surface area contributed by atoms with Crippen LogP contribution < -0.4 is 5.32 Å². The maximum Gasteiger partial charge on any atom is 0.318 e. The van der Waals surface area contributed by atoms with E-state index in [9.17, 15) is 4.79 Å². The van der Waals surface area contributed by atoms with E-state index >= 15 is 0 Å². The van der Waals surface area contributed by atoms with E-state index in [0.717, 1.165) is 29.9 Å². The van der Waals surface area contributed by atoms with Gasteiger partial charge >= 0.3 is 6.03 Å². The molecule has 0 bridgehead atoms. The van der Waals surface area contributed by atoms with Crippen molar-refractivity contribution in [3.8, 4) is 5.69 Å². The van der Waals surface area contributed by atoms with Gasteiger partial charge in [0.2, 0.25) is 0 Å². The number of amides is 2. The molecule has 0 aliphatic heterocycles. The molecule has 7 nitrogen and oxygen atoms in total. The van der Waals surface area contributed by atoms with Crippen LogP contribution in [-0.4, -0.2) is 37.3 Å². The van der Waals surface area contributed by atoms with Crippen molar-refractivity contribution in [1.29, 1.82) is 0 Å². The van der Waals surface area contributed by atoms with E-state index < -0.39 is 0 Å². The molecule has 1 atom stereocenters. The number of benzene rings is 1. The van der Waals surface area contributed by atoms with Gasteiger partial charge in [-0.1, -0.05) is 12.1 Å². The van der Waals surface area contributed by atoms with Crippen LogP contribution in [0, 0.1) is 5.92 Å². The lowest BCUT2D eigenvalue weighted by Gasteiger charge is -2.23. The van der Waals surface area contributed by atoms with Gasteiger partial charge in [0.15, 0.2) is 0 Å². The van der Waals surface area contributed by atoms with Crippen LogP contribution in [0.2, 0.25) is 0 Å². The predicted octanol–water partition coefficient (Wildman–Crippen LogP) is 2.90. The van der Waals surface area contributed by atoms with Gasteiger partial charge in [0.1, 0.15) is 5.82 Å². The molecule has 1 fully saturated rings. The van der Waals surface area contributed by atoms with Crippen LogP contribution in [0.15, 0.2) is 55.1 Å². The van der Waals surface area contributed by atoms with E-state index in [1.807, 2.05) is 66.1 Å². The molecule has 1 aliphatic rings. The molecule has 140 valence electrons. The van der Waals surface area contributed by atoms with Gasteiger partial charge in [0.25, 0.3) is 0 Å². The van der Waals surface area contributed by atoms with E-state index in [1.54, 1.807) is 17.3 Å². The lowest BCUT2D eigenvalue weighted by Crippen LogP contribution is -2.40. The molecule has 3 aromatic rings. The molecule has 0 spiro atoms. The number of hydrogen-bond donors (Lipinski definition) is 1. The Hall–Kier alpha value is -3.09. The molecule has 0 radical (unpaired) electrons. The first kappa shape index (κ1) is 17.3. The molecule has 1 N–H and O–H groups in total. The minimum atomic E-state index is -0.0777. The Bertz CT molecular complexity index is 895. The molecular weight excluding hydrogens is 340 g/mol. The van der Waals surface area contributed by atoms with E-state index in [1.165, 1.54) is 0 Å². The lowest BCUT2D eigenvalue weighted by molar-refractivity contribution is 0.200. The number of nitrogens with one attached hydrogen (secondary N) is 1. The van der Waals surface area contributed by atoms with Crippen LogP contribution in [0.25, 0.3) is 5.69 Å². The van der Waals surface area contributed by atoms with Crippen LogP contribution in [-0.2, 0) is 13.6 Å². The number of aryl methyl sites for hydroxylation is 1. The van der Waals surface area contributed by atoms with Gasteiger partial charge in [-0.25, -0.2) is 14.5 Å². The Morgan fingerprint density at radius 2 is 2.04 bits per heavy atom. The van der Waals surface area contributed by atoms with Crippen molar-refractivity contribution in [2.45, 2.75) is 25.4 Å². The highest BCUT2D eigenvalue weighted by atomic mass is 16.2. The molecule has 7 heteroatoms. The SMILES string of the molecule is CN(Cc1ccc(-n2cccn2)cc1)C(=O)N[C@@H](c1nccn1C)C1CC1. The zero-order chi connectivity index (χ0) is 18.8. The Balaban J connectivity index is 1.39. The quantitative estimate of drug-likeness (QED) is 0.731. The maximum absolute atomic E-state index is 12.7. The maximum atomic E-state index is 12.7. The van der Waals surface area contributed by atoms with Gasteiger partial charge in [-0.2, -0.15) is 5.10 Å². The minimum absolute atomic E-state index is 0.0258. The van der Waals surface area contributed by atoms with Crippen LogP contribution in [0.5, 0.6) is 0 Å². The number of carbonyl (C=O) groups excluding carboxylic acids is 1. The largest absolute Gasteiger partial charge is 0.336 e. The summed E-state index contributed by atoms with van der Waals surface area (Å²) in [6.45, 7) is 0.545. The first-order valence-electron chi connectivity index (χ1n) is 9.19. The molecule has 4 rings (SSSR count). The fourth-order valence-corrected chi connectivity index (χ4v) is 3.26. The third-order valence-electron chi connectivity index (χ3n) is 4.98. The minimum Gasteiger partial charge on any atom is -0.336 e. The van der Waals surface area contributed by atoms with Crippen LogP contribution >= 0.6 is 0 Å². The van der Waals surface area contributed by atoms with Crippen LogP contribution in [0.4, 0.5) is 4.79 Å². The van der Waals surface area contributed by atoms with Crippen molar-refractivity contribution >= 4 is 6.03 Å². The highest BCUT2D eigenvalue weighted by molar-refractivity contribution is 5.74. The molecule has 2 aromatic heterocycles. The Labute approximate surface area is 158 Å². The van der Waals surface area contributed by atoms with Gasteiger partial charge in [-0.15, -0.1) is 0 Å². The summed E-state index contributed by atoms with van der Waals surface area (Å²) in [5.41, 5.74) is 2.07. The van der Waals surface area contributed by atoms with Crippen molar-refractivity contribution in [3.05, 3.63) is 66.5 Å². The number of urea groups is 1. The Morgan fingerprint density at radius 3 is 2.63 bits per heavy atom. The van der Waals surface area contributed by atoms with Crippen molar-refractivity contribution in [3.63, 3.8) is 0 Å². The zero-order valence-corrected chi connectivity index (χ0v) is 15.6. The number of nitrogens with zero attached hydrogens (tertiary/aromatic N) is 5. The molecular formula is C20H24N6O. The summed E-state index contributed by atoms with van der Waals surface area (Å²) in [7, 11) is 3.79. The number of carbonyl (C=O) groups is 1. The molecule has 1 saturated carbocycles. The van der Waals surface area contributed by atoms with E-state index in [-0.39, 0.29) is 12.1 Å². The lowest BCUT2D eigenvalue weighted by atomic mass is 10.1. The predicted molar refractivity (Wildman–Crippen MR) is 102 cm³/mol. The van der Waals surface area contributed by atoms with Crippen molar-refractivity contribution in [2.24, 2.45) is 13.0 Å². The molecule has 0 unspecified atom stereocenters. The monoisotopic (exact) mass is 364 g/mol. The second kappa shape index (κ2) is 7.26. The van der Waals surface area contributed by atoms with Crippen molar-refractivity contribution in [1.82, 2.24) is 29.5 Å². The summed E-state index contributed by atoms with van der Waals surface area (Å²) < 4.78 is 3.80. The van der Waals surface area contributed by atoms with Gasteiger partial charge in [-0.3, -0.25) is 0 Å². The number of imidazole rings is 1. The second-order valence-corrected chi connectivity index (χ2v) is 7.13. The van der Waals surface area contributed by atoms with Gasteiger partial charge in [-0.05, 0) is 42.5 Å². The highest BCUT2D eigenvalue weighted by Crippen LogP contribution is 2.40. The van der Waals surface area contributed by atoms with E-state index in [4.69, 9.17) is 0 Å². The highest BCUT2D eigenvalue weighted by Gasteiger charge is 2.36. The summed E-state index contributed by atoms with van der Waals surface area (Å²) in [4.78, 5) is 18.9. The Kier molecular flexibility index (Phi) is 4.66. The van der Waals surface area contributed by atoms with Gasteiger partial charge in [0.05, 0.1) is 11.7 Å². The summed E-state index contributed by atoms with van der Waals surface area (Å²) in [5, 5.41) is 7.39. The fraction of sp³-hybridized carbons (Fsp3) is 0.350. The standard InChI is InChI=1S/C20H24N6O/c1-24-13-11-21-19(24)18(16-6-7-16)23-20(27)25(2)14-15-4-8-17(9-5-15)26-12-3-10-22-26/h3-5,8-13,16,18H,6-7,14H2,1-2H3,(H,23,27)/t18-/m1/s1. The smallest absolute Gasteiger partial charge is 0.318 e. The third-order valence-corrected chi connectivity index (χ3v) is 4.98. The summed E-state index contributed by atoms with van der Waals surface area (Å²) in [6.07, 6.45) is 9.63. The summed E-state index contributed by atoms with van der Waals surface area (Å²) >= 11 is 0. The molecule has 0 saturated heterocycles. The molecule has 2 amide bonds. The fourth-order valence-electron chi connectivity index (χ4n) is 3.26. The second-order valence-electron chi connectivity index (χ2n) is 7.13. The summed E-state index contributed by atoms with van der Waals surface area (Å²) in [6, 6.07) is 9.86. The number of hydrogen-bond acceptors (Lipinski definition) is 3. The zero-order valence-electron chi connectivity index (χ0n) is 15.6. The average molecular weight is 364 g/mol. The normalized spacial score (nSPS) is 14.7. The van der Waals surface area contributed by atoms with Crippen molar-refractivity contribution < 1.29 is 4.79 Å². The average Bonchev–Trinajstić information content (AvgIpc) is 3.18.